The molecular formula is C24H30N2O5S. The molecule has 172 valence electrons. The van der Waals surface area contributed by atoms with Crippen LogP contribution in [0.3, 0.4) is 0 Å². The molecule has 7 nitrogen and oxygen atoms in total. The van der Waals surface area contributed by atoms with Crippen LogP contribution in [0.4, 0.5) is 5.69 Å². The van der Waals surface area contributed by atoms with Gasteiger partial charge in [-0.05, 0) is 55.5 Å². The number of rotatable bonds is 7. The van der Waals surface area contributed by atoms with Gasteiger partial charge in [0.2, 0.25) is 15.9 Å². The van der Waals surface area contributed by atoms with Crippen LogP contribution in [0, 0.1) is 5.92 Å². The minimum Gasteiger partial charge on any atom is -0.495 e. The van der Waals surface area contributed by atoms with Crippen LogP contribution in [0.1, 0.15) is 55.5 Å². The number of nitrogens with zero attached hydrogens (tertiary/aromatic N) is 1. The van der Waals surface area contributed by atoms with Gasteiger partial charge in [0.05, 0.1) is 13.0 Å². The first-order valence-electron chi connectivity index (χ1n) is 10.7. The van der Waals surface area contributed by atoms with Crippen molar-refractivity contribution >= 4 is 27.4 Å². The average Bonchev–Trinajstić information content (AvgIpc) is 2.78. The Morgan fingerprint density at radius 1 is 1.16 bits per heavy atom. The van der Waals surface area contributed by atoms with Crippen molar-refractivity contribution in [1.29, 1.82) is 0 Å². The van der Waals surface area contributed by atoms with Crippen LogP contribution in [0.25, 0.3) is 0 Å². The number of hydrogen-bond donors (Lipinski definition) is 1. The van der Waals surface area contributed by atoms with Crippen LogP contribution in [0.15, 0.2) is 47.4 Å². The summed E-state index contributed by atoms with van der Waals surface area (Å²) in [7, 11) is -2.38. The molecule has 0 unspecified atom stereocenters. The number of methoxy groups -OCH3 is 1. The maximum Gasteiger partial charge on any atom is 0.246 e. The molecule has 3 rings (SSSR count). The number of anilines is 1. The van der Waals surface area contributed by atoms with E-state index in [1.54, 1.807) is 36.4 Å². The van der Waals surface area contributed by atoms with Gasteiger partial charge in [-0.25, -0.2) is 8.42 Å². The van der Waals surface area contributed by atoms with E-state index >= 15 is 0 Å². The fraction of sp³-hybridized carbons (Fsp3) is 0.417. The smallest absolute Gasteiger partial charge is 0.246 e. The van der Waals surface area contributed by atoms with E-state index in [2.05, 4.69) is 5.32 Å². The van der Waals surface area contributed by atoms with E-state index in [0.29, 0.717) is 36.4 Å². The maximum atomic E-state index is 13.5. The molecule has 1 N–H and O–H groups in total. The Hall–Kier alpha value is -2.71. The number of Topliss-reactive ketones (excluding diaryl/α,β-unsaturated/α-hetero) is 1. The van der Waals surface area contributed by atoms with Gasteiger partial charge in [0.25, 0.3) is 0 Å². The number of ether oxygens (including phenoxy) is 1. The summed E-state index contributed by atoms with van der Waals surface area (Å²) < 4.78 is 33.6. The number of benzene rings is 2. The minimum absolute atomic E-state index is 0.0893. The second-order valence-electron chi connectivity index (χ2n) is 8.39. The average molecular weight is 459 g/mol. The standard InChI is InChI=1S/C24H30N2O5S/c1-16(2)18-10-11-22(31-4)23(14-18)32(29,30)26-12-6-8-20(15-26)24(28)25-21-9-5-7-19(13-21)17(3)27/h5,7,9-11,13-14,16,20H,6,8,12,15H2,1-4H3,(H,25,28)/t20-/m1/s1. The maximum absolute atomic E-state index is 13.5. The Morgan fingerprint density at radius 3 is 2.56 bits per heavy atom. The largest absolute Gasteiger partial charge is 0.495 e. The summed E-state index contributed by atoms with van der Waals surface area (Å²) in [6.07, 6.45) is 1.17. The van der Waals surface area contributed by atoms with E-state index < -0.39 is 15.9 Å². The van der Waals surface area contributed by atoms with Crippen molar-refractivity contribution in [1.82, 2.24) is 4.31 Å². The summed E-state index contributed by atoms with van der Waals surface area (Å²) in [5.74, 6) is -0.372. The van der Waals surface area contributed by atoms with Crippen molar-refractivity contribution in [2.24, 2.45) is 5.92 Å². The van der Waals surface area contributed by atoms with Gasteiger partial charge >= 0.3 is 0 Å². The van der Waals surface area contributed by atoms with E-state index in [1.807, 2.05) is 19.9 Å². The molecule has 0 bridgehead atoms. The van der Waals surface area contributed by atoms with E-state index in [0.717, 1.165) is 5.56 Å². The van der Waals surface area contributed by atoms with Crippen molar-refractivity contribution < 1.29 is 22.7 Å². The highest BCUT2D eigenvalue weighted by atomic mass is 32.2. The van der Waals surface area contributed by atoms with E-state index in [9.17, 15) is 18.0 Å². The number of piperidine rings is 1. The summed E-state index contributed by atoms with van der Waals surface area (Å²) in [4.78, 5) is 24.6. The van der Waals surface area contributed by atoms with Gasteiger partial charge in [0, 0.05) is 24.3 Å². The molecule has 1 fully saturated rings. The van der Waals surface area contributed by atoms with Crippen LogP contribution in [-0.2, 0) is 14.8 Å². The fourth-order valence-corrected chi connectivity index (χ4v) is 5.54. The summed E-state index contributed by atoms with van der Waals surface area (Å²) in [6, 6.07) is 11.9. The number of carbonyl (C=O) groups excluding carboxylic acids is 2. The van der Waals surface area contributed by atoms with Crippen LogP contribution in [0.2, 0.25) is 0 Å². The Balaban J connectivity index is 1.81. The van der Waals surface area contributed by atoms with E-state index in [4.69, 9.17) is 4.74 Å². The molecular weight excluding hydrogens is 428 g/mol. The third kappa shape index (κ3) is 5.19. The molecule has 0 aromatic heterocycles. The molecule has 1 aliphatic rings. The third-order valence-electron chi connectivity index (χ3n) is 5.76. The second-order valence-corrected chi connectivity index (χ2v) is 10.3. The van der Waals surface area contributed by atoms with Gasteiger partial charge in [0.1, 0.15) is 10.6 Å². The van der Waals surface area contributed by atoms with Gasteiger partial charge in [-0.1, -0.05) is 32.0 Å². The third-order valence-corrected chi connectivity index (χ3v) is 7.65. The summed E-state index contributed by atoms with van der Waals surface area (Å²) >= 11 is 0. The second kappa shape index (κ2) is 9.83. The van der Waals surface area contributed by atoms with Crippen LogP contribution in [0.5, 0.6) is 5.75 Å². The molecule has 0 aliphatic carbocycles. The lowest BCUT2D eigenvalue weighted by Crippen LogP contribution is -2.43. The summed E-state index contributed by atoms with van der Waals surface area (Å²) in [5.41, 5.74) is 1.93. The first kappa shape index (κ1) is 23.9. The molecule has 2 aromatic rings. The molecule has 0 saturated carbocycles. The van der Waals surface area contributed by atoms with Crippen LogP contribution < -0.4 is 10.1 Å². The number of carbonyl (C=O) groups is 2. The van der Waals surface area contributed by atoms with E-state index in [1.165, 1.54) is 18.3 Å². The SMILES string of the molecule is COc1ccc(C(C)C)cc1S(=O)(=O)N1CCC[C@@H](C(=O)Nc2cccc(C(C)=O)c2)C1. The highest BCUT2D eigenvalue weighted by Crippen LogP contribution is 2.32. The molecule has 1 atom stereocenters. The van der Waals surface area contributed by atoms with Crippen molar-refractivity contribution in [3.05, 3.63) is 53.6 Å². The highest BCUT2D eigenvalue weighted by molar-refractivity contribution is 7.89. The zero-order chi connectivity index (χ0) is 23.5. The van der Waals surface area contributed by atoms with Gasteiger partial charge in [0.15, 0.2) is 5.78 Å². The van der Waals surface area contributed by atoms with Crippen LogP contribution >= 0.6 is 0 Å². The zero-order valence-corrected chi connectivity index (χ0v) is 19.7. The van der Waals surface area contributed by atoms with Gasteiger partial charge in [-0.3, -0.25) is 9.59 Å². The number of sulfonamides is 1. The van der Waals surface area contributed by atoms with E-state index in [-0.39, 0.29) is 29.0 Å². The highest BCUT2D eigenvalue weighted by Gasteiger charge is 2.35. The zero-order valence-electron chi connectivity index (χ0n) is 18.9. The molecule has 8 heteroatoms. The number of amides is 1. The first-order chi connectivity index (χ1) is 15.1. The predicted molar refractivity (Wildman–Crippen MR) is 124 cm³/mol. The lowest BCUT2D eigenvalue weighted by Gasteiger charge is -2.31. The Bertz CT molecular complexity index is 1110. The Labute approximate surface area is 189 Å². The van der Waals surface area contributed by atoms with Gasteiger partial charge in [-0.2, -0.15) is 4.31 Å². The molecule has 1 heterocycles. The molecule has 0 spiro atoms. The predicted octanol–water partition coefficient (Wildman–Crippen LogP) is 4.06. The van der Waals surface area contributed by atoms with Crippen LogP contribution in [-0.4, -0.2) is 44.6 Å². The van der Waals surface area contributed by atoms with Crippen molar-refractivity contribution in [3.8, 4) is 5.75 Å². The molecule has 1 amide bonds. The topological polar surface area (TPSA) is 92.8 Å². The number of hydrogen-bond acceptors (Lipinski definition) is 5. The summed E-state index contributed by atoms with van der Waals surface area (Å²) in [5, 5.41) is 2.83. The molecule has 32 heavy (non-hydrogen) atoms. The number of ketones is 1. The monoisotopic (exact) mass is 458 g/mol. The molecule has 2 aromatic carbocycles. The van der Waals surface area contributed by atoms with Gasteiger partial charge < -0.3 is 10.1 Å². The van der Waals surface area contributed by atoms with Crippen molar-refractivity contribution in [2.75, 3.05) is 25.5 Å². The quantitative estimate of drug-likeness (QED) is 0.632. The summed E-state index contributed by atoms with van der Waals surface area (Å²) in [6.45, 7) is 5.91. The molecule has 1 aliphatic heterocycles. The number of nitrogens with one attached hydrogen (secondary N) is 1. The molecule has 0 radical (unpaired) electrons. The Kier molecular flexibility index (Phi) is 7.36. The lowest BCUT2D eigenvalue weighted by molar-refractivity contribution is -0.120. The minimum atomic E-state index is -3.83. The fourth-order valence-electron chi connectivity index (χ4n) is 3.83. The van der Waals surface area contributed by atoms with Crippen molar-refractivity contribution in [2.45, 2.75) is 44.4 Å². The lowest BCUT2D eigenvalue weighted by atomic mass is 9.98. The molecule has 1 saturated heterocycles. The van der Waals surface area contributed by atoms with Gasteiger partial charge in [-0.15, -0.1) is 0 Å². The van der Waals surface area contributed by atoms with Crippen molar-refractivity contribution in [3.63, 3.8) is 0 Å². The Morgan fingerprint density at radius 2 is 1.91 bits per heavy atom. The normalized spacial score (nSPS) is 17.2. The first-order valence-corrected chi connectivity index (χ1v) is 12.2.